The van der Waals surface area contributed by atoms with E-state index < -0.39 is 11.2 Å². The van der Waals surface area contributed by atoms with Gasteiger partial charge >= 0.3 is 5.69 Å². The van der Waals surface area contributed by atoms with Crippen molar-refractivity contribution in [1.82, 2.24) is 15.2 Å². The van der Waals surface area contributed by atoms with Gasteiger partial charge in [0.15, 0.2) is 5.69 Å². The Balaban J connectivity index is 2.66. The molecule has 2 rings (SSSR count). The van der Waals surface area contributed by atoms with Gasteiger partial charge in [-0.2, -0.15) is 5.10 Å². The van der Waals surface area contributed by atoms with E-state index in [1.165, 1.54) is 13.0 Å². The summed E-state index contributed by atoms with van der Waals surface area (Å²) in [5.74, 6) is -0.301. The predicted molar refractivity (Wildman–Crippen MR) is 70.2 cm³/mol. The first-order chi connectivity index (χ1) is 8.97. The molecule has 19 heavy (non-hydrogen) atoms. The van der Waals surface area contributed by atoms with Gasteiger partial charge in [0.2, 0.25) is 5.91 Å². The summed E-state index contributed by atoms with van der Waals surface area (Å²) in [4.78, 5) is 35.8. The van der Waals surface area contributed by atoms with Gasteiger partial charge < -0.3 is 5.32 Å². The van der Waals surface area contributed by atoms with Crippen LogP contribution in [0.4, 0.5) is 5.69 Å². The first-order valence-corrected chi connectivity index (χ1v) is 5.61. The molecule has 0 atom stereocenters. The Morgan fingerprint density at radius 1 is 1.37 bits per heavy atom. The van der Waals surface area contributed by atoms with E-state index in [1.807, 2.05) is 0 Å². The second-order valence-corrected chi connectivity index (χ2v) is 4.16. The van der Waals surface area contributed by atoms with E-state index in [9.17, 15) is 14.4 Å². The molecule has 1 aromatic carbocycles. The largest absolute Gasteiger partial charge is 0.342 e. The van der Waals surface area contributed by atoms with Crippen molar-refractivity contribution in [2.45, 2.75) is 6.92 Å². The fourth-order valence-corrected chi connectivity index (χ4v) is 1.71. The zero-order valence-electron chi connectivity index (χ0n) is 9.78. The molecule has 0 spiro atoms. The minimum absolute atomic E-state index is 0.0362. The lowest BCUT2D eigenvalue weighted by Gasteiger charge is -2.08. The topological polar surface area (TPSA) is 108 Å². The monoisotopic (exact) mass is 280 g/mol. The molecule has 7 nitrogen and oxygen atoms in total. The summed E-state index contributed by atoms with van der Waals surface area (Å²) in [5.41, 5.74) is -0.720. The number of H-pyrrole nitrogens is 2. The molecule has 98 valence electrons. The standard InChI is InChI=1S/C11H9ClN4O3/c1-5(17)13-8-3-2-6(12)4-7(8)9-10(18)14-11(19)16-15-9/h2-4H,1H3,(H,13,17)(H2,14,16,18,19). The van der Waals surface area contributed by atoms with Crippen molar-refractivity contribution in [2.24, 2.45) is 0 Å². The molecule has 0 saturated carbocycles. The Bertz CT molecular complexity index is 750. The van der Waals surface area contributed by atoms with Crippen molar-refractivity contribution in [3.05, 3.63) is 44.1 Å². The molecular formula is C11H9ClN4O3. The summed E-state index contributed by atoms with van der Waals surface area (Å²) in [7, 11) is 0. The van der Waals surface area contributed by atoms with Crippen molar-refractivity contribution >= 4 is 23.2 Å². The molecule has 0 bridgehead atoms. The van der Waals surface area contributed by atoms with Crippen LogP contribution in [0.5, 0.6) is 0 Å². The molecule has 0 fully saturated rings. The number of nitrogens with one attached hydrogen (secondary N) is 3. The number of halogens is 1. The maximum atomic E-state index is 11.7. The second-order valence-electron chi connectivity index (χ2n) is 3.73. The zero-order chi connectivity index (χ0) is 14.0. The summed E-state index contributed by atoms with van der Waals surface area (Å²) in [6, 6.07) is 4.59. The van der Waals surface area contributed by atoms with E-state index in [0.29, 0.717) is 16.3 Å². The van der Waals surface area contributed by atoms with E-state index in [1.54, 1.807) is 12.1 Å². The number of carbonyl (C=O) groups is 1. The Labute approximate surface area is 111 Å². The highest BCUT2D eigenvalue weighted by Crippen LogP contribution is 2.27. The van der Waals surface area contributed by atoms with E-state index in [2.05, 4.69) is 20.5 Å². The highest BCUT2D eigenvalue weighted by molar-refractivity contribution is 6.31. The van der Waals surface area contributed by atoms with Crippen LogP contribution in [0.2, 0.25) is 5.02 Å². The first-order valence-electron chi connectivity index (χ1n) is 5.24. The SMILES string of the molecule is CC(=O)Nc1ccc(Cl)cc1-c1n[nH]c(=O)[nH]c1=O. The molecule has 0 aliphatic carbocycles. The van der Waals surface area contributed by atoms with E-state index in [-0.39, 0.29) is 11.6 Å². The summed E-state index contributed by atoms with van der Waals surface area (Å²) in [6.45, 7) is 1.34. The number of rotatable bonds is 2. The van der Waals surface area contributed by atoms with Crippen molar-refractivity contribution in [1.29, 1.82) is 0 Å². The normalized spacial score (nSPS) is 10.2. The Morgan fingerprint density at radius 2 is 2.11 bits per heavy atom. The van der Waals surface area contributed by atoms with E-state index in [0.717, 1.165) is 0 Å². The quantitative estimate of drug-likeness (QED) is 0.754. The number of benzene rings is 1. The molecule has 0 aliphatic rings. The van der Waals surface area contributed by atoms with Gasteiger partial charge in [-0.3, -0.25) is 14.6 Å². The second kappa shape index (κ2) is 5.07. The van der Waals surface area contributed by atoms with Crippen molar-refractivity contribution in [3.8, 4) is 11.3 Å². The first kappa shape index (κ1) is 13.0. The van der Waals surface area contributed by atoms with Gasteiger partial charge in [0.05, 0.1) is 5.69 Å². The number of anilines is 1. The zero-order valence-corrected chi connectivity index (χ0v) is 10.5. The molecule has 0 unspecified atom stereocenters. The van der Waals surface area contributed by atoms with Crippen LogP contribution in [0.25, 0.3) is 11.3 Å². The van der Waals surface area contributed by atoms with Gasteiger partial charge in [-0.05, 0) is 18.2 Å². The number of nitrogens with zero attached hydrogens (tertiary/aromatic N) is 1. The van der Waals surface area contributed by atoms with Gasteiger partial charge in [-0.15, -0.1) is 0 Å². The number of carbonyl (C=O) groups excluding carboxylic acids is 1. The fourth-order valence-electron chi connectivity index (χ4n) is 1.54. The number of aromatic nitrogens is 3. The van der Waals surface area contributed by atoms with Gasteiger partial charge in [-0.25, -0.2) is 9.89 Å². The maximum absolute atomic E-state index is 11.7. The maximum Gasteiger partial charge on any atom is 0.342 e. The number of hydrogen-bond donors (Lipinski definition) is 3. The highest BCUT2D eigenvalue weighted by atomic mass is 35.5. The van der Waals surface area contributed by atoms with Crippen LogP contribution in [0.3, 0.4) is 0 Å². The molecule has 0 radical (unpaired) electrons. The predicted octanol–water partition coefficient (Wildman–Crippen LogP) is 0.737. The number of amides is 1. The van der Waals surface area contributed by atoms with Gasteiger partial charge in [0, 0.05) is 17.5 Å². The van der Waals surface area contributed by atoms with Crippen LogP contribution in [0.1, 0.15) is 6.92 Å². The third-order valence-corrected chi connectivity index (χ3v) is 2.49. The lowest BCUT2D eigenvalue weighted by Crippen LogP contribution is -2.25. The average Bonchev–Trinajstić information content (AvgIpc) is 2.31. The summed E-state index contributed by atoms with van der Waals surface area (Å²) >= 11 is 5.86. The van der Waals surface area contributed by atoms with Crippen LogP contribution >= 0.6 is 11.6 Å². The number of hydrogen-bond acceptors (Lipinski definition) is 4. The molecule has 8 heteroatoms. The molecular weight excluding hydrogens is 272 g/mol. The van der Waals surface area contributed by atoms with Crippen molar-refractivity contribution in [2.75, 3.05) is 5.32 Å². The number of aromatic amines is 2. The highest BCUT2D eigenvalue weighted by Gasteiger charge is 2.12. The van der Waals surface area contributed by atoms with E-state index >= 15 is 0 Å². The average molecular weight is 281 g/mol. The minimum Gasteiger partial charge on any atom is -0.326 e. The molecule has 1 amide bonds. The molecule has 1 aromatic heterocycles. The van der Waals surface area contributed by atoms with Gasteiger partial charge in [0.1, 0.15) is 0 Å². The lowest BCUT2D eigenvalue weighted by molar-refractivity contribution is -0.114. The third kappa shape index (κ3) is 2.89. The summed E-state index contributed by atoms with van der Waals surface area (Å²) in [6.07, 6.45) is 0. The lowest BCUT2D eigenvalue weighted by atomic mass is 10.1. The van der Waals surface area contributed by atoms with Crippen LogP contribution in [0.15, 0.2) is 27.8 Å². The third-order valence-electron chi connectivity index (χ3n) is 2.26. The van der Waals surface area contributed by atoms with Crippen molar-refractivity contribution < 1.29 is 4.79 Å². The molecule has 2 aromatic rings. The van der Waals surface area contributed by atoms with E-state index in [4.69, 9.17) is 11.6 Å². The minimum atomic E-state index is -0.711. The fraction of sp³-hybridized carbons (Fsp3) is 0.0909. The molecule has 3 N–H and O–H groups in total. The molecule has 1 heterocycles. The smallest absolute Gasteiger partial charge is 0.326 e. The Morgan fingerprint density at radius 3 is 2.74 bits per heavy atom. The van der Waals surface area contributed by atoms with Crippen LogP contribution in [-0.2, 0) is 4.79 Å². The van der Waals surface area contributed by atoms with Crippen LogP contribution in [0, 0.1) is 0 Å². The Kier molecular flexibility index (Phi) is 3.48. The summed E-state index contributed by atoms with van der Waals surface area (Å²) < 4.78 is 0. The molecule has 0 aliphatic heterocycles. The van der Waals surface area contributed by atoms with Crippen LogP contribution < -0.4 is 16.6 Å². The Hall–Kier alpha value is -2.41. The summed E-state index contributed by atoms with van der Waals surface area (Å²) in [5, 5.41) is 8.72. The van der Waals surface area contributed by atoms with Gasteiger partial charge in [0.25, 0.3) is 5.56 Å². The van der Waals surface area contributed by atoms with Gasteiger partial charge in [-0.1, -0.05) is 11.6 Å². The molecule has 0 saturated heterocycles. The van der Waals surface area contributed by atoms with Crippen LogP contribution in [-0.4, -0.2) is 21.1 Å². The van der Waals surface area contributed by atoms with Crippen molar-refractivity contribution in [3.63, 3.8) is 0 Å².